The number of ether oxygens (including phenoxy) is 3. The molecule has 1 unspecified atom stereocenters. The van der Waals surface area contributed by atoms with Gasteiger partial charge in [0, 0.05) is 45.6 Å². The van der Waals surface area contributed by atoms with Gasteiger partial charge in [-0.05, 0) is 37.7 Å². The lowest BCUT2D eigenvalue weighted by atomic mass is 10.1. The van der Waals surface area contributed by atoms with Gasteiger partial charge in [0.2, 0.25) is 5.88 Å². The van der Waals surface area contributed by atoms with Crippen molar-refractivity contribution < 1.29 is 14.2 Å². The van der Waals surface area contributed by atoms with Crippen LogP contribution in [0.2, 0.25) is 0 Å². The standard InChI is InChI=1S/C21H34N4O3/c1-3-12-27-20-7-6-17(14-23-20)15-24-21(22-2)25-10-8-18(9-11-25)28-16-19-5-4-13-26-19/h6-7,14,18-19H,3-5,8-13,15-16H2,1-2H3,(H,22,24). The Balaban J connectivity index is 1.38. The predicted molar refractivity (Wildman–Crippen MR) is 110 cm³/mol. The van der Waals surface area contributed by atoms with Gasteiger partial charge in [0.25, 0.3) is 0 Å². The zero-order valence-electron chi connectivity index (χ0n) is 17.2. The molecule has 2 aliphatic heterocycles. The third kappa shape index (κ3) is 6.34. The van der Waals surface area contributed by atoms with Crippen molar-refractivity contribution in [1.82, 2.24) is 15.2 Å². The van der Waals surface area contributed by atoms with Gasteiger partial charge in [0.15, 0.2) is 5.96 Å². The van der Waals surface area contributed by atoms with E-state index in [1.807, 2.05) is 25.4 Å². The first-order valence-corrected chi connectivity index (χ1v) is 10.5. The molecule has 0 amide bonds. The van der Waals surface area contributed by atoms with E-state index in [4.69, 9.17) is 14.2 Å². The number of likely N-dealkylation sites (tertiary alicyclic amines) is 1. The van der Waals surface area contributed by atoms with Crippen molar-refractivity contribution in [2.45, 2.75) is 57.8 Å². The molecule has 2 saturated heterocycles. The number of nitrogens with zero attached hydrogens (tertiary/aromatic N) is 3. The fourth-order valence-corrected chi connectivity index (χ4v) is 3.57. The molecule has 0 radical (unpaired) electrons. The lowest BCUT2D eigenvalue weighted by Crippen LogP contribution is -2.47. The summed E-state index contributed by atoms with van der Waals surface area (Å²) in [5.74, 6) is 1.61. The number of hydrogen-bond donors (Lipinski definition) is 1. The normalized spacial score (nSPS) is 21.1. The smallest absolute Gasteiger partial charge is 0.213 e. The molecule has 7 heteroatoms. The number of pyridine rings is 1. The van der Waals surface area contributed by atoms with Crippen LogP contribution in [-0.2, 0) is 16.0 Å². The van der Waals surface area contributed by atoms with E-state index in [0.717, 1.165) is 63.5 Å². The summed E-state index contributed by atoms with van der Waals surface area (Å²) in [6, 6.07) is 3.97. The Hall–Kier alpha value is -1.86. The Labute approximate surface area is 168 Å². The van der Waals surface area contributed by atoms with Crippen molar-refractivity contribution in [2.24, 2.45) is 4.99 Å². The molecule has 1 aromatic heterocycles. The molecule has 1 atom stereocenters. The van der Waals surface area contributed by atoms with Crippen LogP contribution in [-0.4, -0.2) is 68.0 Å². The van der Waals surface area contributed by atoms with E-state index in [2.05, 4.69) is 27.1 Å². The SMILES string of the molecule is CCCOc1ccc(CNC(=NC)N2CCC(OCC3CCCO3)CC2)cn1. The number of guanidine groups is 1. The summed E-state index contributed by atoms with van der Waals surface area (Å²) in [7, 11) is 1.84. The molecule has 0 aliphatic carbocycles. The van der Waals surface area contributed by atoms with Crippen molar-refractivity contribution in [3.63, 3.8) is 0 Å². The Morgan fingerprint density at radius 1 is 1.32 bits per heavy atom. The van der Waals surface area contributed by atoms with E-state index in [1.54, 1.807) is 0 Å². The molecule has 7 nitrogen and oxygen atoms in total. The second-order valence-corrected chi connectivity index (χ2v) is 7.41. The molecule has 3 rings (SSSR count). The molecular weight excluding hydrogens is 356 g/mol. The maximum atomic E-state index is 6.06. The van der Waals surface area contributed by atoms with Crippen LogP contribution in [0.25, 0.3) is 0 Å². The second kappa shape index (κ2) is 11.2. The molecule has 0 aromatic carbocycles. The van der Waals surface area contributed by atoms with E-state index in [9.17, 15) is 0 Å². The topological polar surface area (TPSA) is 68.2 Å². The maximum Gasteiger partial charge on any atom is 0.213 e. The number of rotatable bonds is 8. The summed E-state index contributed by atoms with van der Waals surface area (Å²) in [5.41, 5.74) is 1.11. The Morgan fingerprint density at radius 3 is 2.82 bits per heavy atom. The van der Waals surface area contributed by atoms with Crippen molar-refractivity contribution in [3.8, 4) is 5.88 Å². The molecule has 0 spiro atoms. The molecule has 28 heavy (non-hydrogen) atoms. The number of piperidine rings is 1. The average Bonchev–Trinajstić information content (AvgIpc) is 3.26. The molecule has 2 fully saturated rings. The molecule has 156 valence electrons. The average molecular weight is 391 g/mol. The van der Waals surface area contributed by atoms with Crippen LogP contribution in [0.15, 0.2) is 23.3 Å². The summed E-state index contributed by atoms with van der Waals surface area (Å²) in [6.45, 7) is 7.02. The van der Waals surface area contributed by atoms with Crippen molar-refractivity contribution in [1.29, 1.82) is 0 Å². The monoisotopic (exact) mass is 390 g/mol. The summed E-state index contributed by atoms with van der Waals surface area (Å²) >= 11 is 0. The van der Waals surface area contributed by atoms with Crippen LogP contribution in [0.1, 0.15) is 44.6 Å². The van der Waals surface area contributed by atoms with Crippen molar-refractivity contribution >= 4 is 5.96 Å². The Kier molecular flexibility index (Phi) is 8.36. The third-order valence-corrected chi connectivity index (χ3v) is 5.20. The van der Waals surface area contributed by atoms with Crippen LogP contribution in [0, 0.1) is 0 Å². The number of aliphatic imine (C=N–C) groups is 1. The maximum absolute atomic E-state index is 6.06. The van der Waals surface area contributed by atoms with Crippen molar-refractivity contribution in [2.75, 3.05) is 40.0 Å². The zero-order chi connectivity index (χ0) is 19.6. The van der Waals surface area contributed by atoms with E-state index < -0.39 is 0 Å². The first-order valence-electron chi connectivity index (χ1n) is 10.5. The van der Waals surface area contributed by atoms with Gasteiger partial charge in [-0.1, -0.05) is 13.0 Å². The number of nitrogens with one attached hydrogen (secondary N) is 1. The van der Waals surface area contributed by atoms with Crippen LogP contribution in [0.3, 0.4) is 0 Å². The van der Waals surface area contributed by atoms with Crippen LogP contribution in [0.5, 0.6) is 5.88 Å². The summed E-state index contributed by atoms with van der Waals surface area (Å²) in [4.78, 5) is 11.1. The van der Waals surface area contributed by atoms with E-state index in [1.165, 1.54) is 6.42 Å². The van der Waals surface area contributed by atoms with Gasteiger partial charge in [-0.3, -0.25) is 4.99 Å². The summed E-state index contributed by atoms with van der Waals surface area (Å²) < 4.78 is 17.2. The van der Waals surface area contributed by atoms with Crippen LogP contribution in [0.4, 0.5) is 0 Å². The molecule has 0 saturated carbocycles. The highest BCUT2D eigenvalue weighted by Crippen LogP contribution is 2.18. The van der Waals surface area contributed by atoms with Gasteiger partial charge in [-0.25, -0.2) is 4.98 Å². The van der Waals surface area contributed by atoms with Gasteiger partial charge in [-0.15, -0.1) is 0 Å². The van der Waals surface area contributed by atoms with Gasteiger partial charge < -0.3 is 24.4 Å². The van der Waals surface area contributed by atoms with Gasteiger partial charge >= 0.3 is 0 Å². The first-order chi connectivity index (χ1) is 13.8. The van der Waals surface area contributed by atoms with Crippen molar-refractivity contribution in [3.05, 3.63) is 23.9 Å². The van der Waals surface area contributed by atoms with Gasteiger partial charge in [0.1, 0.15) is 0 Å². The first kappa shape index (κ1) is 20.9. The highest BCUT2D eigenvalue weighted by Gasteiger charge is 2.24. The molecular formula is C21H34N4O3. The molecule has 1 N–H and O–H groups in total. The number of hydrogen-bond acceptors (Lipinski definition) is 5. The van der Waals surface area contributed by atoms with E-state index >= 15 is 0 Å². The van der Waals surface area contributed by atoms with E-state index in [-0.39, 0.29) is 0 Å². The summed E-state index contributed by atoms with van der Waals surface area (Å²) in [6.07, 6.45) is 7.83. The highest BCUT2D eigenvalue weighted by molar-refractivity contribution is 5.79. The molecule has 0 bridgehead atoms. The third-order valence-electron chi connectivity index (χ3n) is 5.20. The minimum atomic E-state index is 0.305. The van der Waals surface area contributed by atoms with E-state index in [0.29, 0.717) is 31.2 Å². The second-order valence-electron chi connectivity index (χ2n) is 7.41. The fraction of sp³-hybridized carbons (Fsp3) is 0.714. The zero-order valence-corrected chi connectivity index (χ0v) is 17.2. The number of aromatic nitrogens is 1. The fourth-order valence-electron chi connectivity index (χ4n) is 3.57. The predicted octanol–water partition coefficient (Wildman–Crippen LogP) is 2.61. The lowest BCUT2D eigenvalue weighted by Gasteiger charge is -2.34. The Bertz CT molecular complexity index is 594. The van der Waals surface area contributed by atoms with Gasteiger partial charge in [-0.2, -0.15) is 0 Å². The molecule has 2 aliphatic rings. The quantitative estimate of drug-likeness (QED) is 0.544. The lowest BCUT2D eigenvalue weighted by molar-refractivity contribution is -0.0367. The molecule has 3 heterocycles. The van der Waals surface area contributed by atoms with Gasteiger partial charge in [0.05, 0.1) is 25.4 Å². The van der Waals surface area contributed by atoms with Crippen LogP contribution >= 0.6 is 0 Å². The summed E-state index contributed by atoms with van der Waals surface area (Å²) in [5, 5.41) is 3.44. The largest absolute Gasteiger partial charge is 0.478 e. The van der Waals surface area contributed by atoms with Crippen LogP contribution < -0.4 is 10.1 Å². The molecule has 1 aromatic rings. The minimum Gasteiger partial charge on any atom is -0.478 e. The Morgan fingerprint density at radius 2 is 2.18 bits per heavy atom. The minimum absolute atomic E-state index is 0.305. The highest BCUT2D eigenvalue weighted by atomic mass is 16.5.